The fraction of sp³-hybridized carbons (Fsp3) is 0.538. The van der Waals surface area contributed by atoms with Crippen molar-refractivity contribution in [3.8, 4) is 0 Å². The third-order valence-electron chi connectivity index (χ3n) is 2.90. The second kappa shape index (κ2) is 6.58. The molecule has 1 atom stereocenters. The summed E-state index contributed by atoms with van der Waals surface area (Å²) in [4.78, 5) is 17.4. The van der Waals surface area contributed by atoms with Gasteiger partial charge in [-0.25, -0.2) is 4.98 Å². The summed E-state index contributed by atoms with van der Waals surface area (Å²) in [6.45, 7) is 6.39. The van der Waals surface area contributed by atoms with Crippen LogP contribution in [0.4, 0.5) is 19.0 Å². The van der Waals surface area contributed by atoms with Crippen molar-refractivity contribution in [1.29, 1.82) is 0 Å². The molecule has 1 amide bonds. The van der Waals surface area contributed by atoms with E-state index in [0.29, 0.717) is 13.1 Å². The molecular formula is C13H18F3N3O. The molecule has 4 nitrogen and oxygen atoms in total. The summed E-state index contributed by atoms with van der Waals surface area (Å²) < 4.78 is 37.7. The van der Waals surface area contributed by atoms with Crippen LogP contribution in [0.2, 0.25) is 0 Å². The van der Waals surface area contributed by atoms with Crippen LogP contribution in [0, 0.1) is 0 Å². The Balaban J connectivity index is 2.81. The molecule has 0 aliphatic heterocycles. The molecule has 0 saturated carbocycles. The predicted molar refractivity (Wildman–Crippen MR) is 70.3 cm³/mol. The van der Waals surface area contributed by atoms with Crippen LogP contribution < -0.4 is 5.32 Å². The number of carbonyl (C=O) groups excluding carboxylic acids is 1. The Labute approximate surface area is 116 Å². The van der Waals surface area contributed by atoms with Gasteiger partial charge in [0.25, 0.3) is 0 Å². The first-order chi connectivity index (χ1) is 9.29. The summed E-state index contributed by atoms with van der Waals surface area (Å²) >= 11 is 0. The zero-order valence-corrected chi connectivity index (χ0v) is 11.7. The molecule has 1 aromatic heterocycles. The second-order valence-electron chi connectivity index (χ2n) is 4.30. The third-order valence-corrected chi connectivity index (χ3v) is 2.90. The molecule has 0 aliphatic carbocycles. The highest BCUT2D eigenvalue weighted by molar-refractivity contribution is 5.84. The van der Waals surface area contributed by atoms with E-state index in [1.54, 1.807) is 11.8 Å². The van der Waals surface area contributed by atoms with Gasteiger partial charge in [0, 0.05) is 19.3 Å². The zero-order chi connectivity index (χ0) is 15.3. The molecule has 0 bridgehead atoms. The van der Waals surface area contributed by atoms with Gasteiger partial charge in [-0.3, -0.25) is 4.79 Å². The maximum absolute atomic E-state index is 12.6. The molecule has 1 N–H and O–H groups in total. The minimum Gasteiger partial charge on any atom is -0.359 e. The standard InChI is InChI=1S/C13H18F3N3O/c1-4-19(5-2)12(20)9(3)18-11-8-10(6-7-17-11)13(14,15)16/h6-9H,4-5H2,1-3H3,(H,17,18). The molecule has 1 heterocycles. The molecule has 0 aromatic carbocycles. The number of anilines is 1. The quantitative estimate of drug-likeness (QED) is 0.906. The lowest BCUT2D eigenvalue weighted by atomic mass is 10.2. The molecule has 0 fully saturated rings. The van der Waals surface area contributed by atoms with Crippen molar-refractivity contribution < 1.29 is 18.0 Å². The lowest BCUT2D eigenvalue weighted by Gasteiger charge is -2.23. The molecule has 112 valence electrons. The molecule has 1 rings (SSSR count). The summed E-state index contributed by atoms with van der Waals surface area (Å²) in [5, 5.41) is 2.70. The number of likely N-dealkylation sites (N-methyl/N-ethyl adjacent to an activating group) is 1. The average molecular weight is 289 g/mol. The molecular weight excluding hydrogens is 271 g/mol. The molecule has 0 radical (unpaired) electrons. The van der Waals surface area contributed by atoms with Crippen molar-refractivity contribution in [2.24, 2.45) is 0 Å². The smallest absolute Gasteiger partial charge is 0.359 e. The van der Waals surface area contributed by atoms with Gasteiger partial charge in [0.15, 0.2) is 0 Å². The van der Waals surface area contributed by atoms with Gasteiger partial charge in [-0.05, 0) is 32.9 Å². The van der Waals surface area contributed by atoms with Crippen LogP contribution in [-0.2, 0) is 11.0 Å². The van der Waals surface area contributed by atoms with Crippen LogP contribution in [0.5, 0.6) is 0 Å². The van der Waals surface area contributed by atoms with Crippen molar-refractivity contribution >= 4 is 11.7 Å². The van der Waals surface area contributed by atoms with E-state index >= 15 is 0 Å². The summed E-state index contributed by atoms with van der Waals surface area (Å²) in [6.07, 6.45) is -3.36. The van der Waals surface area contributed by atoms with E-state index in [1.165, 1.54) is 0 Å². The number of hydrogen-bond donors (Lipinski definition) is 1. The van der Waals surface area contributed by atoms with Gasteiger partial charge in [0.05, 0.1) is 5.56 Å². The number of nitrogens with zero attached hydrogens (tertiary/aromatic N) is 2. The predicted octanol–water partition coefficient (Wildman–Crippen LogP) is 2.77. The van der Waals surface area contributed by atoms with Gasteiger partial charge in [-0.1, -0.05) is 0 Å². The van der Waals surface area contributed by atoms with Gasteiger partial charge < -0.3 is 10.2 Å². The SMILES string of the molecule is CCN(CC)C(=O)C(C)Nc1cc(C(F)(F)F)ccn1. The molecule has 0 spiro atoms. The average Bonchev–Trinajstić information content (AvgIpc) is 2.39. The van der Waals surface area contributed by atoms with Gasteiger partial charge in [-0.2, -0.15) is 13.2 Å². The highest BCUT2D eigenvalue weighted by atomic mass is 19.4. The Morgan fingerprint density at radius 2 is 2.00 bits per heavy atom. The van der Waals surface area contributed by atoms with E-state index in [0.717, 1.165) is 18.3 Å². The van der Waals surface area contributed by atoms with E-state index in [1.807, 2.05) is 13.8 Å². The lowest BCUT2D eigenvalue weighted by Crippen LogP contribution is -2.41. The number of alkyl halides is 3. The van der Waals surface area contributed by atoms with E-state index < -0.39 is 17.8 Å². The zero-order valence-electron chi connectivity index (χ0n) is 11.7. The van der Waals surface area contributed by atoms with Crippen LogP contribution >= 0.6 is 0 Å². The fourth-order valence-corrected chi connectivity index (χ4v) is 1.78. The number of hydrogen-bond acceptors (Lipinski definition) is 3. The number of amides is 1. The van der Waals surface area contributed by atoms with Gasteiger partial charge in [0.2, 0.25) is 5.91 Å². The number of aromatic nitrogens is 1. The monoisotopic (exact) mass is 289 g/mol. The molecule has 1 unspecified atom stereocenters. The Morgan fingerprint density at radius 3 is 2.50 bits per heavy atom. The number of pyridine rings is 1. The van der Waals surface area contributed by atoms with Crippen LogP contribution in [-0.4, -0.2) is 34.9 Å². The molecule has 0 aliphatic rings. The first kappa shape index (κ1) is 16.3. The fourth-order valence-electron chi connectivity index (χ4n) is 1.78. The largest absolute Gasteiger partial charge is 0.416 e. The maximum atomic E-state index is 12.6. The van der Waals surface area contributed by atoms with Crippen molar-refractivity contribution in [3.05, 3.63) is 23.9 Å². The number of nitrogens with one attached hydrogen (secondary N) is 1. The first-order valence-electron chi connectivity index (χ1n) is 6.38. The van der Waals surface area contributed by atoms with Gasteiger partial charge >= 0.3 is 6.18 Å². The van der Waals surface area contributed by atoms with Gasteiger partial charge in [-0.15, -0.1) is 0 Å². The van der Waals surface area contributed by atoms with E-state index in [-0.39, 0.29) is 11.7 Å². The summed E-state index contributed by atoms with van der Waals surface area (Å²) in [7, 11) is 0. The number of rotatable bonds is 5. The van der Waals surface area contributed by atoms with Crippen molar-refractivity contribution in [1.82, 2.24) is 9.88 Å². The molecule has 0 saturated heterocycles. The normalized spacial score (nSPS) is 12.9. The van der Waals surface area contributed by atoms with Crippen LogP contribution in [0.15, 0.2) is 18.3 Å². The maximum Gasteiger partial charge on any atom is 0.416 e. The first-order valence-corrected chi connectivity index (χ1v) is 6.38. The minimum atomic E-state index is -4.43. The summed E-state index contributed by atoms with van der Waals surface area (Å²) in [5.74, 6) is -0.137. The Hall–Kier alpha value is -1.79. The third kappa shape index (κ3) is 4.11. The Kier molecular flexibility index (Phi) is 5.35. The highest BCUT2D eigenvalue weighted by Crippen LogP contribution is 2.29. The van der Waals surface area contributed by atoms with Crippen LogP contribution in [0.1, 0.15) is 26.3 Å². The number of halogens is 3. The molecule has 7 heteroatoms. The Morgan fingerprint density at radius 1 is 1.40 bits per heavy atom. The van der Waals surface area contributed by atoms with E-state index in [2.05, 4.69) is 10.3 Å². The van der Waals surface area contributed by atoms with E-state index in [9.17, 15) is 18.0 Å². The number of carbonyl (C=O) groups is 1. The second-order valence-corrected chi connectivity index (χ2v) is 4.30. The molecule has 20 heavy (non-hydrogen) atoms. The summed E-state index contributed by atoms with van der Waals surface area (Å²) in [5.41, 5.74) is -0.794. The van der Waals surface area contributed by atoms with Gasteiger partial charge in [0.1, 0.15) is 11.9 Å². The van der Waals surface area contributed by atoms with E-state index in [4.69, 9.17) is 0 Å². The molecule has 1 aromatic rings. The highest BCUT2D eigenvalue weighted by Gasteiger charge is 2.31. The lowest BCUT2D eigenvalue weighted by molar-refractivity contribution is -0.137. The van der Waals surface area contributed by atoms with Crippen LogP contribution in [0.25, 0.3) is 0 Å². The summed E-state index contributed by atoms with van der Waals surface area (Å²) in [6, 6.07) is 1.15. The minimum absolute atomic E-state index is 0.0350. The van der Waals surface area contributed by atoms with Crippen molar-refractivity contribution in [2.75, 3.05) is 18.4 Å². The van der Waals surface area contributed by atoms with Crippen LogP contribution in [0.3, 0.4) is 0 Å². The Bertz CT molecular complexity index is 458. The topological polar surface area (TPSA) is 45.2 Å². The van der Waals surface area contributed by atoms with Crippen molar-refractivity contribution in [3.63, 3.8) is 0 Å². The van der Waals surface area contributed by atoms with Crippen molar-refractivity contribution in [2.45, 2.75) is 33.0 Å².